The molecule has 3 aromatic heterocycles. The molecule has 178 valence electrons. The van der Waals surface area contributed by atoms with Gasteiger partial charge < -0.3 is 9.64 Å². The number of piperidine rings is 1. The van der Waals surface area contributed by atoms with Gasteiger partial charge >= 0.3 is 0 Å². The third kappa shape index (κ3) is 4.60. The monoisotopic (exact) mass is 499 g/mol. The van der Waals surface area contributed by atoms with Gasteiger partial charge in [0.05, 0.1) is 10.6 Å². The maximum absolute atomic E-state index is 11.7. The van der Waals surface area contributed by atoms with Crippen LogP contribution in [0.3, 0.4) is 0 Å². The number of anilines is 1. The molecule has 10 nitrogen and oxygen atoms in total. The first-order valence-corrected chi connectivity index (χ1v) is 13.7. The van der Waals surface area contributed by atoms with Gasteiger partial charge in [0.15, 0.2) is 9.84 Å². The number of thiazole rings is 1. The molecule has 4 heterocycles. The fraction of sp³-hybridized carbons (Fsp3) is 0.409. The van der Waals surface area contributed by atoms with Gasteiger partial charge in [0, 0.05) is 32.0 Å². The second-order valence-electron chi connectivity index (χ2n) is 8.55. The summed E-state index contributed by atoms with van der Waals surface area (Å²) in [5.41, 5.74) is 2.40. The van der Waals surface area contributed by atoms with Crippen molar-refractivity contribution in [3.8, 4) is 16.5 Å². The van der Waals surface area contributed by atoms with Crippen LogP contribution in [0, 0.1) is 5.92 Å². The number of sulfone groups is 1. The molecule has 0 bridgehead atoms. The number of hydrogen-bond donors (Lipinski definition) is 0. The zero-order chi connectivity index (χ0) is 23.9. The van der Waals surface area contributed by atoms with E-state index < -0.39 is 9.84 Å². The molecule has 1 fully saturated rings. The molecular formula is C22H25N7O3S2. The van der Waals surface area contributed by atoms with Crippen LogP contribution in [0.15, 0.2) is 41.3 Å². The van der Waals surface area contributed by atoms with E-state index in [0.717, 1.165) is 53.5 Å². The van der Waals surface area contributed by atoms with Crippen LogP contribution in [0.1, 0.15) is 19.8 Å². The van der Waals surface area contributed by atoms with Crippen LogP contribution in [0.2, 0.25) is 0 Å². The summed E-state index contributed by atoms with van der Waals surface area (Å²) in [6, 6.07) is 10.6. The highest BCUT2D eigenvalue weighted by molar-refractivity contribution is 7.90. The van der Waals surface area contributed by atoms with Crippen LogP contribution >= 0.6 is 11.3 Å². The van der Waals surface area contributed by atoms with Crippen molar-refractivity contribution >= 4 is 37.5 Å². The first-order valence-electron chi connectivity index (χ1n) is 11.0. The van der Waals surface area contributed by atoms with Gasteiger partial charge in [-0.25, -0.2) is 23.1 Å². The summed E-state index contributed by atoms with van der Waals surface area (Å²) in [7, 11) is -1.38. The maximum Gasteiger partial charge on any atom is 0.276 e. The highest BCUT2D eigenvalue weighted by atomic mass is 32.2. The summed E-state index contributed by atoms with van der Waals surface area (Å²) >= 11 is 1.43. The molecule has 1 aliphatic heterocycles. The standard InChI is InChI=1S/C22H25N7O3S2/c1-14(15-10-12-29(13-11-15)21-25-26-27-28(21)2)32-22-24-19-9-8-18(23-20(19)33-22)16-4-6-17(7-5-16)34(3,30)31/h4-9,14-15H,10-13H2,1-3H3. The second-order valence-corrected chi connectivity index (χ2v) is 11.5. The van der Waals surface area contributed by atoms with E-state index in [-0.39, 0.29) is 6.10 Å². The first kappa shape index (κ1) is 22.7. The molecule has 1 saturated heterocycles. The van der Waals surface area contributed by atoms with Gasteiger partial charge in [-0.1, -0.05) is 28.6 Å². The van der Waals surface area contributed by atoms with E-state index in [1.807, 2.05) is 19.2 Å². The Morgan fingerprint density at radius 2 is 1.82 bits per heavy atom. The molecule has 4 aromatic rings. The Labute approximate surface area is 201 Å². The number of fused-ring (bicyclic) bond motifs is 1. The van der Waals surface area contributed by atoms with Crippen LogP contribution in [-0.4, -0.2) is 64.0 Å². The van der Waals surface area contributed by atoms with Crippen LogP contribution in [0.25, 0.3) is 21.6 Å². The highest BCUT2D eigenvalue weighted by Crippen LogP contribution is 2.32. The lowest BCUT2D eigenvalue weighted by atomic mass is 9.92. The van der Waals surface area contributed by atoms with Gasteiger partial charge in [-0.05, 0) is 60.4 Å². The molecule has 0 amide bonds. The molecule has 34 heavy (non-hydrogen) atoms. The number of aromatic nitrogens is 6. The van der Waals surface area contributed by atoms with E-state index in [9.17, 15) is 8.42 Å². The first-order chi connectivity index (χ1) is 16.3. The molecule has 5 rings (SSSR count). The van der Waals surface area contributed by atoms with Crippen molar-refractivity contribution in [3.05, 3.63) is 36.4 Å². The Morgan fingerprint density at radius 3 is 2.47 bits per heavy atom. The number of nitrogens with zero attached hydrogens (tertiary/aromatic N) is 7. The molecule has 1 atom stereocenters. The van der Waals surface area contributed by atoms with Crippen LogP contribution in [0.5, 0.6) is 5.19 Å². The number of benzene rings is 1. The molecule has 12 heteroatoms. The molecular weight excluding hydrogens is 474 g/mol. The van der Waals surface area contributed by atoms with Crippen molar-refractivity contribution in [3.63, 3.8) is 0 Å². The van der Waals surface area contributed by atoms with Gasteiger partial charge in [-0.15, -0.1) is 0 Å². The third-order valence-electron chi connectivity index (χ3n) is 6.18. The Hall–Kier alpha value is -3.12. The Balaban J connectivity index is 1.25. The van der Waals surface area contributed by atoms with E-state index in [2.05, 4.69) is 32.3 Å². The summed E-state index contributed by atoms with van der Waals surface area (Å²) in [5.74, 6) is 1.22. The smallest absolute Gasteiger partial charge is 0.276 e. The minimum Gasteiger partial charge on any atom is -0.467 e. The lowest BCUT2D eigenvalue weighted by molar-refractivity contribution is 0.132. The molecule has 0 radical (unpaired) electrons. The average Bonchev–Trinajstić information content (AvgIpc) is 3.43. The van der Waals surface area contributed by atoms with Gasteiger partial charge in [0.1, 0.15) is 16.5 Å². The van der Waals surface area contributed by atoms with E-state index in [1.54, 1.807) is 28.9 Å². The second kappa shape index (κ2) is 8.91. The number of rotatable bonds is 6. The predicted molar refractivity (Wildman–Crippen MR) is 130 cm³/mol. The van der Waals surface area contributed by atoms with Crippen molar-refractivity contribution in [1.29, 1.82) is 0 Å². The van der Waals surface area contributed by atoms with E-state index in [4.69, 9.17) is 9.72 Å². The summed E-state index contributed by atoms with van der Waals surface area (Å²) < 4.78 is 31.3. The van der Waals surface area contributed by atoms with Gasteiger partial charge in [-0.3, -0.25) is 0 Å². The van der Waals surface area contributed by atoms with Crippen molar-refractivity contribution in [2.45, 2.75) is 30.8 Å². The fourth-order valence-corrected chi connectivity index (χ4v) is 5.70. The average molecular weight is 500 g/mol. The lowest BCUT2D eigenvalue weighted by Gasteiger charge is -2.34. The summed E-state index contributed by atoms with van der Waals surface area (Å²) in [6.07, 6.45) is 3.21. The quantitative estimate of drug-likeness (QED) is 0.395. The third-order valence-corrected chi connectivity index (χ3v) is 8.17. The number of ether oxygens (including phenoxy) is 1. The topological polar surface area (TPSA) is 116 Å². The molecule has 1 aromatic carbocycles. The molecule has 0 spiro atoms. The largest absolute Gasteiger partial charge is 0.467 e. The number of aryl methyl sites for hydroxylation is 1. The van der Waals surface area contributed by atoms with E-state index >= 15 is 0 Å². The fourth-order valence-electron chi connectivity index (χ4n) is 4.20. The van der Waals surface area contributed by atoms with Crippen molar-refractivity contribution in [2.75, 3.05) is 24.2 Å². The summed E-state index contributed by atoms with van der Waals surface area (Å²) in [5, 5.41) is 12.4. The minimum absolute atomic E-state index is 0.0309. The van der Waals surface area contributed by atoms with Gasteiger partial charge in [0.2, 0.25) is 5.95 Å². The van der Waals surface area contributed by atoms with Crippen molar-refractivity contribution < 1.29 is 13.2 Å². The van der Waals surface area contributed by atoms with Gasteiger partial charge in [-0.2, -0.15) is 0 Å². The zero-order valence-corrected chi connectivity index (χ0v) is 20.8. The lowest BCUT2D eigenvalue weighted by Crippen LogP contribution is -2.39. The summed E-state index contributed by atoms with van der Waals surface area (Å²) in [4.78, 5) is 12.6. The SMILES string of the molecule is CC(Oc1nc2ccc(-c3ccc(S(C)(=O)=O)cc3)nc2s1)C1CCN(c2nnnn2C)CC1. The van der Waals surface area contributed by atoms with Crippen LogP contribution < -0.4 is 9.64 Å². The normalized spacial score (nSPS) is 16.1. The molecule has 1 unspecified atom stereocenters. The minimum atomic E-state index is -3.23. The van der Waals surface area contributed by atoms with Crippen LogP contribution in [0.4, 0.5) is 5.95 Å². The predicted octanol–water partition coefficient (Wildman–Crippen LogP) is 2.97. The molecule has 0 aliphatic carbocycles. The molecule has 1 aliphatic rings. The Bertz CT molecular complexity index is 1410. The Morgan fingerprint density at radius 1 is 1.09 bits per heavy atom. The molecule has 0 saturated carbocycles. The summed E-state index contributed by atoms with van der Waals surface area (Å²) in [6.45, 7) is 3.86. The zero-order valence-electron chi connectivity index (χ0n) is 19.1. The molecule has 0 N–H and O–H groups in total. The van der Waals surface area contributed by atoms with E-state index in [1.165, 1.54) is 17.6 Å². The van der Waals surface area contributed by atoms with Crippen molar-refractivity contribution in [1.82, 2.24) is 30.2 Å². The van der Waals surface area contributed by atoms with Crippen LogP contribution in [-0.2, 0) is 16.9 Å². The maximum atomic E-state index is 11.7. The Kier molecular flexibility index (Phi) is 5.94. The van der Waals surface area contributed by atoms with E-state index in [0.29, 0.717) is 16.0 Å². The highest BCUT2D eigenvalue weighted by Gasteiger charge is 2.28. The van der Waals surface area contributed by atoms with Crippen molar-refractivity contribution in [2.24, 2.45) is 13.0 Å². The van der Waals surface area contributed by atoms with Gasteiger partial charge in [0.25, 0.3) is 5.19 Å². The number of tetrazole rings is 1. The number of hydrogen-bond acceptors (Lipinski definition) is 10. The number of pyridine rings is 1.